The van der Waals surface area contributed by atoms with Crippen LogP contribution in [0.4, 0.5) is 0 Å². The summed E-state index contributed by atoms with van der Waals surface area (Å²) in [6.45, 7) is 0. The van der Waals surface area contributed by atoms with E-state index in [1.165, 1.54) is 0 Å². The number of halogens is 1. The number of fused-ring (bicyclic) bond motifs is 6. The van der Waals surface area contributed by atoms with Crippen LogP contribution in [0.1, 0.15) is 0 Å². The molecule has 33 heavy (non-hydrogen) atoms. The highest BCUT2D eigenvalue weighted by Gasteiger charge is 2.18. The molecule has 0 saturated heterocycles. The minimum atomic E-state index is 0.176. The largest absolute Gasteiger partial charge is 0.456 e. The van der Waals surface area contributed by atoms with Gasteiger partial charge in [0.15, 0.2) is 5.58 Å². The van der Waals surface area contributed by atoms with Gasteiger partial charge in [-0.2, -0.15) is 0 Å². The summed E-state index contributed by atoms with van der Waals surface area (Å²) in [6.07, 6.45) is 0. The molecule has 0 radical (unpaired) electrons. The Morgan fingerprint density at radius 3 is 2.21 bits per heavy atom. The molecule has 5 heteroatoms. The number of benzene rings is 4. The molecule has 0 N–H and O–H groups in total. The van der Waals surface area contributed by atoms with Gasteiger partial charge in [0, 0.05) is 21.7 Å². The second kappa shape index (κ2) is 6.92. The van der Waals surface area contributed by atoms with Crippen LogP contribution in [-0.4, -0.2) is 9.97 Å². The van der Waals surface area contributed by atoms with E-state index >= 15 is 0 Å². The highest BCUT2D eigenvalue weighted by Crippen LogP contribution is 2.38. The monoisotopic (exact) mass is 446 g/mol. The van der Waals surface area contributed by atoms with Crippen molar-refractivity contribution in [2.75, 3.05) is 0 Å². The van der Waals surface area contributed by atoms with E-state index in [0.717, 1.165) is 49.6 Å². The fourth-order valence-electron chi connectivity index (χ4n) is 4.50. The number of hydrogen-bond donors (Lipinski definition) is 0. The van der Waals surface area contributed by atoms with E-state index in [1.54, 1.807) is 0 Å². The van der Waals surface area contributed by atoms with Gasteiger partial charge in [-0.3, -0.25) is 0 Å². The maximum absolute atomic E-state index is 6.38. The minimum absolute atomic E-state index is 0.176. The number of nitrogens with zero attached hydrogens (tertiary/aromatic N) is 2. The van der Waals surface area contributed by atoms with Gasteiger partial charge < -0.3 is 8.83 Å². The van der Waals surface area contributed by atoms with E-state index in [2.05, 4.69) is 46.4 Å². The molecule has 0 atom stereocenters. The Balaban J connectivity index is 1.47. The first-order chi connectivity index (χ1) is 16.2. The van der Waals surface area contributed by atoms with Crippen LogP contribution >= 0.6 is 11.6 Å². The van der Waals surface area contributed by atoms with Gasteiger partial charge in [-0.25, -0.2) is 9.97 Å². The predicted octanol–water partition coefficient (Wildman–Crippen LogP) is 8.26. The van der Waals surface area contributed by atoms with Crippen molar-refractivity contribution >= 4 is 55.6 Å². The molecule has 4 nitrogen and oxygen atoms in total. The smallest absolute Gasteiger partial charge is 0.223 e. The third-order valence-corrected chi connectivity index (χ3v) is 6.21. The molecule has 0 fully saturated rings. The van der Waals surface area contributed by atoms with Gasteiger partial charge in [-0.15, -0.1) is 0 Å². The average molecular weight is 447 g/mol. The zero-order chi connectivity index (χ0) is 21.9. The van der Waals surface area contributed by atoms with E-state index in [1.807, 2.05) is 54.6 Å². The first-order valence-electron chi connectivity index (χ1n) is 10.6. The molecule has 0 amide bonds. The zero-order valence-electron chi connectivity index (χ0n) is 17.2. The average Bonchev–Trinajstić information content (AvgIpc) is 3.41. The Morgan fingerprint density at radius 2 is 1.30 bits per heavy atom. The van der Waals surface area contributed by atoms with Gasteiger partial charge in [0.25, 0.3) is 0 Å². The number of hydrogen-bond acceptors (Lipinski definition) is 4. The standard InChI is InChI=1S/C28H15ClN2O2/c29-28-30-25(18-10-12-20-19-8-4-5-9-22(19)32-24(20)15-18)27-26(31-28)21-14-17(11-13-23(21)33-27)16-6-2-1-3-7-16/h1-15H. The number of aromatic nitrogens is 2. The molecule has 3 heterocycles. The van der Waals surface area contributed by atoms with Gasteiger partial charge in [-0.1, -0.05) is 60.7 Å². The van der Waals surface area contributed by atoms with Crippen LogP contribution in [-0.2, 0) is 0 Å². The van der Waals surface area contributed by atoms with E-state index in [9.17, 15) is 0 Å². The van der Waals surface area contributed by atoms with E-state index in [0.29, 0.717) is 16.8 Å². The summed E-state index contributed by atoms with van der Waals surface area (Å²) in [6, 6.07) is 30.4. The van der Waals surface area contributed by atoms with Crippen molar-refractivity contribution in [2.45, 2.75) is 0 Å². The van der Waals surface area contributed by atoms with Crippen molar-refractivity contribution < 1.29 is 8.83 Å². The number of furan rings is 2. The molecule has 0 aliphatic rings. The van der Waals surface area contributed by atoms with Crippen LogP contribution in [0.3, 0.4) is 0 Å². The third-order valence-electron chi connectivity index (χ3n) is 6.04. The molecule has 0 saturated carbocycles. The van der Waals surface area contributed by atoms with Crippen LogP contribution in [0.5, 0.6) is 0 Å². The molecular formula is C28H15ClN2O2. The summed E-state index contributed by atoms with van der Waals surface area (Å²) < 4.78 is 12.3. The van der Waals surface area contributed by atoms with Gasteiger partial charge in [-0.05, 0) is 53.1 Å². The summed E-state index contributed by atoms with van der Waals surface area (Å²) in [4.78, 5) is 9.05. The van der Waals surface area contributed by atoms with Crippen LogP contribution in [0.25, 0.3) is 66.4 Å². The van der Waals surface area contributed by atoms with Crippen molar-refractivity contribution in [1.29, 1.82) is 0 Å². The summed E-state index contributed by atoms with van der Waals surface area (Å²) in [5, 5.41) is 3.22. The lowest BCUT2D eigenvalue weighted by Gasteiger charge is -2.03. The van der Waals surface area contributed by atoms with E-state index < -0.39 is 0 Å². The maximum atomic E-state index is 6.38. The number of para-hydroxylation sites is 1. The SMILES string of the molecule is Clc1nc(-c2ccc3c(c2)oc2ccccc23)c2oc3ccc(-c4ccccc4)cc3c2n1. The predicted molar refractivity (Wildman–Crippen MR) is 132 cm³/mol. The van der Waals surface area contributed by atoms with Crippen molar-refractivity contribution in [3.63, 3.8) is 0 Å². The highest BCUT2D eigenvalue weighted by molar-refractivity contribution is 6.29. The topological polar surface area (TPSA) is 52.1 Å². The fraction of sp³-hybridized carbons (Fsp3) is 0. The van der Waals surface area contributed by atoms with Crippen LogP contribution in [0.2, 0.25) is 5.28 Å². The molecule has 3 aromatic heterocycles. The van der Waals surface area contributed by atoms with Gasteiger partial charge in [0.05, 0.1) is 0 Å². The van der Waals surface area contributed by atoms with Crippen LogP contribution < -0.4 is 0 Å². The van der Waals surface area contributed by atoms with Crippen LogP contribution in [0.15, 0.2) is 99.8 Å². The normalized spacial score (nSPS) is 11.8. The number of rotatable bonds is 2. The second-order valence-corrected chi connectivity index (χ2v) is 8.35. The molecule has 0 aliphatic carbocycles. The molecule has 0 aliphatic heterocycles. The first-order valence-corrected chi connectivity index (χ1v) is 11.0. The molecular weight excluding hydrogens is 432 g/mol. The summed E-state index contributed by atoms with van der Waals surface area (Å²) in [7, 11) is 0. The van der Waals surface area contributed by atoms with E-state index in [-0.39, 0.29) is 5.28 Å². The van der Waals surface area contributed by atoms with Gasteiger partial charge in [0.2, 0.25) is 5.28 Å². The molecule has 7 aromatic rings. The minimum Gasteiger partial charge on any atom is -0.456 e. The van der Waals surface area contributed by atoms with Crippen molar-refractivity contribution in [3.8, 4) is 22.4 Å². The summed E-state index contributed by atoms with van der Waals surface area (Å²) >= 11 is 6.38. The summed E-state index contributed by atoms with van der Waals surface area (Å²) in [5.41, 5.74) is 7.41. The molecule has 4 aromatic carbocycles. The van der Waals surface area contributed by atoms with Crippen molar-refractivity contribution in [1.82, 2.24) is 9.97 Å². The lowest BCUT2D eigenvalue weighted by molar-refractivity contribution is 0.666. The molecule has 0 bridgehead atoms. The molecule has 0 unspecified atom stereocenters. The highest BCUT2D eigenvalue weighted by atomic mass is 35.5. The van der Waals surface area contributed by atoms with Crippen molar-refractivity contribution in [2.24, 2.45) is 0 Å². The van der Waals surface area contributed by atoms with Gasteiger partial charge in [0.1, 0.15) is 28.0 Å². The Labute approximate surface area is 193 Å². The van der Waals surface area contributed by atoms with Crippen LogP contribution in [0, 0.1) is 0 Å². The summed E-state index contributed by atoms with van der Waals surface area (Å²) in [5.74, 6) is 0. The third kappa shape index (κ3) is 2.85. The lowest BCUT2D eigenvalue weighted by atomic mass is 10.0. The fourth-order valence-corrected chi connectivity index (χ4v) is 4.66. The van der Waals surface area contributed by atoms with E-state index in [4.69, 9.17) is 20.4 Å². The molecule has 7 rings (SSSR count). The first kappa shape index (κ1) is 18.4. The quantitative estimate of drug-likeness (QED) is 0.251. The Bertz CT molecular complexity index is 1830. The Kier molecular flexibility index (Phi) is 3.87. The zero-order valence-corrected chi connectivity index (χ0v) is 18.0. The maximum Gasteiger partial charge on any atom is 0.223 e. The lowest BCUT2D eigenvalue weighted by Crippen LogP contribution is -1.89. The Hall–Kier alpha value is -4.15. The Morgan fingerprint density at radius 1 is 0.545 bits per heavy atom. The molecule has 156 valence electrons. The second-order valence-electron chi connectivity index (χ2n) is 8.01. The van der Waals surface area contributed by atoms with Crippen molar-refractivity contribution in [3.05, 3.63) is 96.3 Å². The molecule has 0 spiro atoms. The van der Waals surface area contributed by atoms with Gasteiger partial charge >= 0.3 is 0 Å².